The van der Waals surface area contributed by atoms with E-state index in [0.29, 0.717) is 38.2 Å². The molecule has 7 nitrogen and oxygen atoms in total. The fourth-order valence-electron chi connectivity index (χ4n) is 4.40. The van der Waals surface area contributed by atoms with E-state index < -0.39 is 0 Å². The lowest BCUT2D eigenvalue weighted by Crippen LogP contribution is -2.54. The first-order chi connectivity index (χ1) is 13.5. The average Bonchev–Trinajstić information content (AvgIpc) is 2.72. The van der Waals surface area contributed by atoms with Gasteiger partial charge in [-0.1, -0.05) is 6.07 Å². The average molecular weight is 380 g/mol. The highest BCUT2D eigenvalue weighted by Gasteiger charge is 2.42. The number of H-pyrrole nitrogens is 1. The maximum atomic E-state index is 12.9. The largest absolute Gasteiger partial charge is 0.338 e. The van der Waals surface area contributed by atoms with E-state index in [1.807, 2.05) is 21.9 Å². The quantitative estimate of drug-likeness (QED) is 0.880. The Morgan fingerprint density at radius 2 is 2.07 bits per heavy atom. The molecule has 0 saturated carbocycles. The summed E-state index contributed by atoms with van der Waals surface area (Å²) in [7, 11) is 0. The van der Waals surface area contributed by atoms with Crippen LogP contribution < -0.4 is 5.56 Å². The Morgan fingerprint density at radius 1 is 1.18 bits per heavy atom. The summed E-state index contributed by atoms with van der Waals surface area (Å²) in [5, 5.41) is 0. The summed E-state index contributed by atoms with van der Waals surface area (Å²) in [4.78, 5) is 47.1. The van der Waals surface area contributed by atoms with E-state index in [-0.39, 0.29) is 22.8 Å². The molecule has 0 radical (unpaired) electrons. The Morgan fingerprint density at radius 3 is 2.82 bits per heavy atom. The maximum absolute atomic E-state index is 12.9. The van der Waals surface area contributed by atoms with Crippen LogP contribution in [0.4, 0.5) is 0 Å². The second-order valence-electron chi connectivity index (χ2n) is 7.88. The molecule has 146 valence electrons. The van der Waals surface area contributed by atoms with Gasteiger partial charge in [0.2, 0.25) is 11.5 Å². The number of aromatic nitrogens is 2. The zero-order valence-corrected chi connectivity index (χ0v) is 15.8. The van der Waals surface area contributed by atoms with Gasteiger partial charge >= 0.3 is 0 Å². The number of carbonyl (C=O) groups is 2. The van der Waals surface area contributed by atoms with Crippen LogP contribution in [-0.2, 0) is 11.3 Å². The first-order valence-corrected chi connectivity index (χ1v) is 9.69. The Balaban J connectivity index is 1.49. The minimum absolute atomic E-state index is 0.0633. The number of rotatable bonds is 3. The summed E-state index contributed by atoms with van der Waals surface area (Å²) in [5.41, 5.74) is 1.23. The second kappa shape index (κ2) is 7.58. The maximum Gasteiger partial charge on any atom is 0.255 e. The summed E-state index contributed by atoms with van der Waals surface area (Å²) in [6.45, 7) is 2.57. The van der Waals surface area contributed by atoms with Gasteiger partial charge in [0.25, 0.3) is 5.91 Å². The number of hydrogen-bond donors (Lipinski definition) is 1. The van der Waals surface area contributed by atoms with Gasteiger partial charge in [-0.05, 0) is 37.0 Å². The van der Waals surface area contributed by atoms with Crippen LogP contribution in [0, 0.1) is 5.41 Å². The van der Waals surface area contributed by atoms with E-state index in [1.54, 1.807) is 18.5 Å². The number of nitrogens with one attached hydrogen (secondary N) is 1. The van der Waals surface area contributed by atoms with E-state index >= 15 is 0 Å². The Hall–Kier alpha value is -2.96. The third-order valence-electron chi connectivity index (χ3n) is 5.82. The Labute approximate surface area is 163 Å². The van der Waals surface area contributed by atoms with Crippen molar-refractivity contribution in [2.45, 2.75) is 32.2 Å². The zero-order valence-electron chi connectivity index (χ0n) is 15.8. The summed E-state index contributed by atoms with van der Waals surface area (Å²) in [5.74, 6) is 0.101. The van der Waals surface area contributed by atoms with Gasteiger partial charge in [0.15, 0.2) is 0 Å². The Bertz CT molecular complexity index is 906. The molecule has 2 amide bonds. The van der Waals surface area contributed by atoms with Crippen LogP contribution in [-0.4, -0.2) is 51.2 Å². The SMILES string of the molecule is O=C1CC[C@@]2(CCCN(C(=O)c3ccc(=O)[nH]c3)C2)CN1Cc1cccnc1. The summed E-state index contributed by atoms with van der Waals surface area (Å²) >= 11 is 0. The minimum atomic E-state index is -0.219. The molecule has 2 aliphatic heterocycles. The van der Waals surface area contributed by atoms with Gasteiger partial charge in [0, 0.05) is 62.7 Å². The van der Waals surface area contributed by atoms with Crippen LogP contribution >= 0.6 is 0 Å². The normalized spacial score (nSPS) is 22.5. The molecular formula is C21H24N4O3. The zero-order chi connectivity index (χ0) is 19.6. The predicted octanol–water partition coefficient (Wildman–Crippen LogP) is 1.81. The van der Waals surface area contributed by atoms with Gasteiger partial charge < -0.3 is 14.8 Å². The van der Waals surface area contributed by atoms with Crippen molar-refractivity contribution in [1.82, 2.24) is 19.8 Å². The van der Waals surface area contributed by atoms with E-state index in [4.69, 9.17) is 0 Å². The fourth-order valence-corrected chi connectivity index (χ4v) is 4.40. The van der Waals surface area contributed by atoms with Crippen LogP contribution in [0.15, 0.2) is 47.7 Å². The molecule has 1 spiro atoms. The molecule has 0 unspecified atom stereocenters. The standard InChI is InChI=1S/C21H24N4O3/c26-18-5-4-17(12-23-18)20(28)24-10-2-7-21(14-24)8-6-19(27)25(15-21)13-16-3-1-9-22-11-16/h1,3-5,9,11-12H,2,6-8,10,13-15H2,(H,23,26)/t21-/m1/s1. The number of carbonyl (C=O) groups excluding carboxylic acids is 2. The van der Waals surface area contributed by atoms with Crippen LogP contribution in [0.25, 0.3) is 0 Å². The van der Waals surface area contributed by atoms with Crippen LogP contribution in [0.2, 0.25) is 0 Å². The first-order valence-electron chi connectivity index (χ1n) is 9.69. The summed E-state index contributed by atoms with van der Waals surface area (Å²) < 4.78 is 0. The van der Waals surface area contributed by atoms with E-state index in [0.717, 1.165) is 24.8 Å². The van der Waals surface area contributed by atoms with Crippen LogP contribution in [0.1, 0.15) is 41.6 Å². The second-order valence-corrected chi connectivity index (χ2v) is 7.88. The van der Waals surface area contributed by atoms with Crippen molar-refractivity contribution < 1.29 is 9.59 Å². The summed E-state index contributed by atoms with van der Waals surface area (Å²) in [6, 6.07) is 6.81. The van der Waals surface area contributed by atoms with Gasteiger partial charge in [-0.15, -0.1) is 0 Å². The molecule has 0 bridgehead atoms. The molecule has 2 aromatic heterocycles. The van der Waals surface area contributed by atoms with Crippen molar-refractivity contribution in [3.05, 3.63) is 64.3 Å². The molecule has 28 heavy (non-hydrogen) atoms. The van der Waals surface area contributed by atoms with E-state index in [2.05, 4.69) is 9.97 Å². The van der Waals surface area contributed by atoms with Crippen molar-refractivity contribution in [1.29, 1.82) is 0 Å². The molecule has 2 aliphatic rings. The minimum Gasteiger partial charge on any atom is -0.338 e. The topological polar surface area (TPSA) is 86.4 Å². The highest BCUT2D eigenvalue weighted by atomic mass is 16.2. The number of hydrogen-bond acceptors (Lipinski definition) is 4. The lowest BCUT2D eigenvalue weighted by molar-refractivity contribution is -0.139. The number of pyridine rings is 2. The molecule has 4 heterocycles. The van der Waals surface area contributed by atoms with Crippen molar-refractivity contribution in [2.24, 2.45) is 5.41 Å². The molecule has 2 saturated heterocycles. The van der Waals surface area contributed by atoms with Gasteiger partial charge in [-0.3, -0.25) is 19.4 Å². The molecular weight excluding hydrogens is 356 g/mol. The van der Waals surface area contributed by atoms with Crippen molar-refractivity contribution in [2.75, 3.05) is 19.6 Å². The number of nitrogens with zero attached hydrogens (tertiary/aromatic N) is 3. The molecule has 4 rings (SSSR count). The number of likely N-dealkylation sites (tertiary alicyclic amines) is 2. The number of aromatic amines is 1. The molecule has 2 fully saturated rings. The lowest BCUT2D eigenvalue weighted by Gasteiger charge is -2.48. The van der Waals surface area contributed by atoms with Gasteiger partial charge in [-0.2, -0.15) is 0 Å². The smallest absolute Gasteiger partial charge is 0.255 e. The molecule has 0 aliphatic carbocycles. The lowest BCUT2D eigenvalue weighted by atomic mass is 9.73. The molecule has 1 N–H and O–H groups in total. The summed E-state index contributed by atoms with van der Waals surface area (Å²) in [6.07, 6.45) is 8.26. The third-order valence-corrected chi connectivity index (χ3v) is 5.82. The monoisotopic (exact) mass is 380 g/mol. The van der Waals surface area contributed by atoms with E-state index in [9.17, 15) is 14.4 Å². The first kappa shape index (κ1) is 18.4. The molecule has 0 aromatic carbocycles. The van der Waals surface area contributed by atoms with Crippen molar-refractivity contribution in [3.8, 4) is 0 Å². The third kappa shape index (κ3) is 3.83. The van der Waals surface area contributed by atoms with Gasteiger partial charge in [0.1, 0.15) is 0 Å². The number of piperidine rings is 2. The van der Waals surface area contributed by atoms with E-state index in [1.165, 1.54) is 12.3 Å². The van der Waals surface area contributed by atoms with Crippen molar-refractivity contribution >= 4 is 11.8 Å². The molecule has 2 aromatic rings. The van der Waals surface area contributed by atoms with Crippen LogP contribution in [0.5, 0.6) is 0 Å². The number of amides is 2. The highest BCUT2D eigenvalue weighted by Crippen LogP contribution is 2.39. The van der Waals surface area contributed by atoms with Gasteiger partial charge in [-0.25, -0.2) is 0 Å². The van der Waals surface area contributed by atoms with Gasteiger partial charge in [0.05, 0.1) is 5.56 Å². The molecule has 1 atom stereocenters. The van der Waals surface area contributed by atoms with Crippen LogP contribution in [0.3, 0.4) is 0 Å². The fraction of sp³-hybridized carbons (Fsp3) is 0.429. The highest BCUT2D eigenvalue weighted by molar-refractivity contribution is 5.94. The van der Waals surface area contributed by atoms with Crippen molar-refractivity contribution in [3.63, 3.8) is 0 Å². The predicted molar refractivity (Wildman–Crippen MR) is 104 cm³/mol. The Kier molecular flexibility index (Phi) is 4.98. The molecule has 7 heteroatoms.